The van der Waals surface area contributed by atoms with E-state index in [0.717, 1.165) is 14.7 Å². The van der Waals surface area contributed by atoms with Crippen molar-refractivity contribution < 1.29 is 19.1 Å². The second kappa shape index (κ2) is 8.68. The van der Waals surface area contributed by atoms with Gasteiger partial charge in [0.1, 0.15) is 5.01 Å². The van der Waals surface area contributed by atoms with Gasteiger partial charge in [-0.25, -0.2) is 9.37 Å². The Morgan fingerprint density at radius 1 is 1.09 bits per heavy atom. The molecule has 9 heteroatoms. The first kappa shape index (κ1) is 21.2. The van der Waals surface area contributed by atoms with E-state index in [9.17, 15) is 19.1 Å². The first-order valence-corrected chi connectivity index (χ1v) is 11.6. The molecule has 4 aromatic rings. The van der Waals surface area contributed by atoms with Gasteiger partial charge in [0.15, 0.2) is 11.6 Å². The van der Waals surface area contributed by atoms with E-state index < -0.39 is 11.6 Å². The molecule has 0 radical (unpaired) electrons. The number of phenols is 1. The standard InChI is InChI=1S/C24H16FN3O3S2/c25-17-9-14(5-7-19(17)29)24-27-12-15(32-24)11-26-22(30)13-6-8-21-18(10-13)28-23(31)16-3-1-2-4-20(16)33-21/h1-10,12,29H,11H2,(H,26,30)(H,28,31). The van der Waals surface area contributed by atoms with Crippen molar-refractivity contribution in [3.8, 4) is 16.3 Å². The molecule has 3 aromatic carbocycles. The minimum atomic E-state index is -0.714. The number of halogens is 1. The molecule has 6 nitrogen and oxygen atoms in total. The normalized spacial score (nSPS) is 12.3. The molecule has 0 spiro atoms. The second-order valence-electron chi connectivity index (χ2n) is 7.24. The lowest BCUT2D eigenvalue weighted by atomic mass is 10.1. The van der Waals surface area contributed by atoms with Gasteiger partial charge in [-0.3, -0.25) is 9.59 Å². The smallest absolute Gasteiger partial charge is 0.256 e. The minimum Gasteiger partial charge on any atom is -0.505 e. The van der Waals surface area contributed by atoms with Gasteiger partial charge in [-0.15, -0.1) is 11.3 Å². The summed E-state index contributed by atoms with van der Waals surface area (Å²) in [5, 5.41) is 15.7. The van der Waals surface area contributed by atoms with E-state index in [-0.39, 0.29) is 18.4 Å². The highest BCUT2D eigenvalue weighted by Crippen LogP contribution is 2.39. The predicted molar refractivity (Wildman–Crippen MR) is 125 cm³/mol. The molecule has 164 valence electrons. The SMILES string of the molecule is O=C(NCc1cnc(-c2ccc(O)c(F)c2)s1)c1ccc2c(c1)NC(=O)c1ccccc1S2. The van der Waals surface area contributed by atoms with E-state index in [0.29, 0.717) is 27.4 Å². The predicted octanol–water partition coefficient (Wildman–Crippen LogP) is 5.30. The summed E-state index contributed by atoms with van der Waals surface area (Å²) < 4.78 is 13.6. The van der Waals surface area contributed by atoms with Gasteiger partial charge in [0.2, 0.25) is 0 Å². The van der Waals surface area contributed by atoms with E-state index in [4.69, 9.17) is 0 Å². The zero-order chi connectivity index (χ0) is 22.9. The van der Waals surface area contributed by atoms with Crippen LogP contribution in [0.25, 0.3) is 10.6 Å². The van der Waals surface area contributed by atoms with Crippen molar-refractivity contribution in [1.29, 1.82) is 0 Å². The lowest BCUT2D eigenvalue weighted by molar-refractivity contribution is 0.0949. The first-order valence-electron chi connectivity index (χ1n) is 9.92. The fraction of sp³-hybridized carbons (Fsp3) is 0.0417. The van der Waals surface area contributed by atoms with Crippen LogP contribution in [-0.2, 0) is 6.54 Å². The molecule has 3 N–H and O–H groups in total. The summed E-state index contributed by atoms with van der Waals surface area (Å²) in [7, 11) is 0. The maximum Gasteiger partial charge on any atom is 0.256 e. The number of benzene rings is 3. The van der Waals surface area contributed by atoms with Gasteiger partial charge in [0, 0.05) is 32.0 Å². The Kier molecular flexibility index (Phi) is 5.57. The lowest BCUT2D eigenvalue weighted by Crippen LogP contribution is -2.22. The third-order valence-electron chi connectivity index (χ3n) is 5.01. The number of hydrogen-bond acceptors (Lipinski definition) is 6. The number of rotatable bonds is 4. The molecule has 5 rings (SSSR count). The summed E-state index contributed by atoms with van der Waals surface area (Å²) in [6.45, 7) is 0.251. The molecule has 33 heavy (non-hydrogen) atoms. The number of phenolic OH excluding ortho intramolecular Hbond substituents is 1. The number of fused-ring (bicyclic) bond motifs is 2. The molecule has 1 aliphatic heterocycles. The fourth-order valence-electron chi connectivity index (χ4n) is 3.34. The zero-order valence-electron chi connectivity index (χ0n) is 17.0. The molecule has 0 atom stereocenters. The van der Waals surface area contributed by atoms with Gasteiger partial charge in [-0.2, -0.15) is 0 Å². The van der Waals surface area contributed by atoms with Gasteiger partial charge in [0.05, 0.1) is 17.8 Å². The lowest BCUT2D eigenvalue weighted by Gasteiger charge is -2.09. The van der Waals surface area contributed by atoms with Crippen LogP contribution in [0, 0.1) is 5.82 Å². The van der Waals surface area contributed by atoms with Crippen molar-refractivity contribution in [2.45, 2.75) is 16.3 Å². The summed E-state index contributed by atoms with van der Waals surface area (Å²) in [6, 6.07) is 16.7. The highest BCUT2D eigenvalue weighted by Gasteiger charge is 2.20. The van der Waals surface area contributed by atoms with Crippen molar-refractivity contribution in [3.05, 3.63) is 88.7 Å². The van der Waals surface area contributed by atoms with Crippen LogP contribution in [0.5, 0.6) is 5.75 Å². The number of hydrogen-bond donors (Lipinski definition) is 3. The van der Waals surface area contributed by atoms with Crippen LogP contribution < -0.4 is 10.6 Å². The number of carbonyl (C=O) groups excluding carboxylic acids is 2. The van der Waals surface area contributed by atoms with E-state index in [1.54, 1.807) is 30.5 Å². The third-order valence-corrected chi connectivity index (χ3v) is 7.21. The van der Waals surface area contributed by atoms with Crippen LogP contribution in [0.15, 0.2) is 76.7 Å². The first-order chi connectivity index (χ1) is 16.0. The van der Waals surface area contributed by atoms with Crippen LogP contribution in [0.2, 0.25) is 0 Å². The molecule has 0 fully saturated rings. The van der Waals surface area contributed by atoms with E-state index >= 15 is 0 Å². The molecule has 1 aliphatic rings. The van der Waals surface area contributed by atoms with Crippen LogP contribution in [0.4, 0.5) is 10.1 Å². The second-order valence-corrected chi connectivity index (χ2v) is 9.44. The Morgan fingerprint density at radius 2 is 1.94 bits per heavy atom. The maximum atomic E-state index is 13.6. The highest BCUT2D eigenvalue weighted by molar-refractivity contribution is 7.99. The van der Waals surface area contributed by atoms with E-state index in [1.165, 1.54) is 35.2 Å². The maximum absolute atomic E-state index is 13.6. The summed E-state index contributed by atoms with van der Waals surface area (Å²) in [5.74, 6) is -1.63. The van der Waals surface area contributed by atoms with Crippen LogP contribution in [-0.4, -0.2) is 21.9 Å². The van der Waals surface area contributed by atoms with Gasteiger partial charge < -0.3 is 15.7 Å². The van der Waals surface area contributed by atoms with Crippen molar-refractivity contribution >= 4 is 40.6 Å². The summed E-state index contributed by atoms with van der Waals surface area (Å²) in [5.41, 5.74) is 2.15. The topological polar surface area (TPSA) is 91.3 Å². The van der Waals surface area contributed by atoms with Crippen LogP contribution in [0.3, 0.4) is 0 Å². The summed E-state index contributed by atoms with van der Waals surface area (Å²) >= 11 is 2.80. The average molecular weight is 478 g/mol. The van der Waals surface area contributed by atoms with Gasteiger partial charge in [0.25, 0.3) is 11.8 Å². The molecule has 2 heterocycles. The average Bonchev–Trinajstić information content (AvgIpc) is 3.24. The Labute approximate surface area is 196 Å². The molecule has 0 saturated heterocycles. The number of thiazole rings is 1. The third kappa shape index (κ3) is 4.33. The molecule has 0 bridgehead atoms. The molecule has 0 unspecified atom stereocenters. The number of anilines is 1. The molecular formula is C24H16FN3O3S2. The molecule has 0 aliphatic carbocycles. The number of aromatic hydroxyl groups is 1. The zero-order valence-corrected chi connectivity index (χ0v) is 18.6. The highest BCUT2D eigenvalue weighted by atomic mass is 32.2. The number of nitrogens with one attached hydrogen (secondary N) is 2. The summed E-state index contributed by atoms with van der Waals surface area (Å²) in [6.07, 6.45) is 1.62. The number of aromatic nitrogens is 1. The van der Waals surface area contributed by atoms with E-state index in [2.05, 4.69) is 15.6 Å². The van der Waals surface area contributed by atoms with Crippen LogP contribution in [0.1, 0.15) is 25.6 Å². The van der Waals surface area contributed by atoms with Crippen LogP contribution >= 0.6 is 23.1 Å². The number of carbonyl (C=O) groups is 2. The Bertz CT molecular complexity index is 1400. The van der Waals surface area contributed by atoms with Gasteiger partial charge in [-0.1, -0.05) is 23.9 Å². The van der Waals surface area contributed by atoms with Crippen molar-refractivity contribution in [2.75, 3.05) is 5.32 Å². The van der Waals surface area contributed by atoms with E-state index in [1.807, 2.05) is 24.3 Å². The number of nitrogens with zero attached hydrogens (tertiary/aromatic N) is 1. The van der Waals surface area contributed by atoms with Gasteiger partial charge >= 0.3 is 0 Å². The Morgan fingerprint density at radius 3 is 2.79 bits per heavy atom. The molecule has 2 amide bonds. The number of amides is 2. The molecular weight excluding hydrogens is 461 g/mol. The molecule has 0 saturated carbocycles. The van der Waals surface area contributed by atoms with Crippen molar-refractivity contribution in [3.63, 3.8) is 0 Å². The van der Waals surface area contributed by atoms with Crippen molar-refractivity contribution in [2.24, 2.45) is 0 Å². The Hall–Kier alpha value is -3.69. The quantitative estimate of drug-likeness (QED) is 0.371. The van der Waals surface area contributed by atoms with Crippen molar-refractivity contribution in [1.82, 2.24) is 10.3 Å². The fourth-order valence-corrected chi connectivity index (χ4v) is 5.20. The monoisotopic (exact) mass is 477 g/mol. The minimum absolute atomic E-state index is 0.211. The van der Waals surface area contributed by atoms with Gasteiger partial charge in [-0.05, 0) is 48.5 Å². The Balaban J connectivity index is 1.29. The summed E-state index contributed by atoms with van der Waals surface area (Å²) in [4.78, 5) is 32.1. The molecule has 1 aromatic heterocycles. The largest absolute Gasteiger partial charge is 0.505 e.